The Bertz CT molecular complexity index is 477. The molecule has 1 unspecified atom stereocenters. The van der Waals surface area contributed by atoms with E-state index >= 15 is 0 Å². The van der Waals surface area contributed by atoms with Crippen LogP contribution in [0.1, 0.15) is 71.6 Å². The molecule has 0 bridgehead atoms. The Kier molecular flexibility index (Phi) is 3.34. The summed E-state index contributed by atoms with van der Waals surface area (Å²) in [5.74, 6) is 1.32. The van der Waals surface area contributed by atoms with E-state index in [1.165, 1.54) is 44.9 Å². The van der Waals surface area contributed by atoms with E-state index in [2.05, 4.69) is 19.1 Å². The number of hydrogen-bond donors (Lipinski definition) is 2. The van der Waals surface area contributed by atoms with E-state index in [0.717, 1.165) is 24.7 Å². The monoisotopic (exact) mass is 304 g/mol. The molecule has 2 N–H and O–H groups in total. The zero-order chi connectivity index (χ0) is 15.6. The van der Waals surface area contributed by atoms with Crippen LogP contribution in [0.5, 0.6) is 0 Å². The summed E-state index contributed by atoms with van der Waals surface area (Å²) < 4.78 is 0. The smallest absolute Gasteiger partial charge is 0.169 e. The first-order valence-electron chi connectivity index (χ1n) is 9.51. The maximum Gasteiger partial charge on any atom is 0.169 e. The van der Waals surface area contributed by atoms with Gasteiger partial charge in [-0.15, -0.1) is 0 Å². The first-order chi connectivity index (χ1) is 10.4. The lowest BCUT2D eigenvalue weighted by Gasteiger charge is -2.61. The Balaban J connectivity index is 1.67. The van der Waals surface area contributed by atoms with E-state index in [1.807, 2.05) is 0 Å². The summed E-state index contributed by atoms with van der Waals surface area (Å²) in [6, 6.07) is 0. The van der Waals surface area contributed by atoms with Gasteiger partial charge in [0.15, 0.2) is 5.79 Å². The molecule has 2 heteroatoms. The molecule has 0 aromatic heterocycles. The van der Waals surface area contributed by atoms with Gasteiger partial charge in [0.05, 0.1) is 0 Å². The Morgan fingerprint density at radius 2 is 1.82 bits per heavy atom. The Morgan fingerprint density at radius 3 is 2.59 bits per heavy atom. The van der Waals surface area contributed by atoms with Crippen LogP contribution in [-0.4, -0.2) is 16.0 Å². The second kappa shape index (κ2) is 4.83. The molecule has 0 amide bonds. The second-order valence-electron chi connectivity index (χ2n) is 9.14. The molecule has 0 aliphatic heterocycles. The summed E-state index contributed by atoms with van der Waals surface area (Å²) in [7, 11) is 0. The zero-order valence-corrected chi connectivity index (χ0v) is 14.2. The van der Waals surface area contributed by atoms with Crippen LogP contribution in [0.4, 0.5) is 0 Å². The van der Waals surface area contributed by atoms with E-state index < -0.39 is 5.79 Å². The number of rotatable bonds is 1. The largest absolute Gasteiger partial charge is 0.365 e. The highest BCUT2D eigenvalue weighted by Crippen LogP contribution is 2.66. The molecule has 0 aromatic carbocycles. The molecular weight excluding hydrogens is 272 g/mol. The van der Waals surface area contributed by atoms with Gasteiger partial charge in [-0.1, -0.05) is 31.9 Å². The lowest BCUT2D eigenvalue weighted by molar-refractivity contribution is -0.254. The summed E-state index contributed by atoms with van der Waals surface area (Å²) in [4.78, 5) is 0. The summed E-state index contributed by atoms with van der Waals surface area (Å²) in [6.07, 6.45) is 15.9. The summed E-state index contributed by atoms with van der Waals surface area (Å²) >= 11 is 0. The molecule has 4 rings (SSSR count). The third-order valence-corrected chi connectivity index (χ3v) is 8.40. The summed E-state index contributed by atoms with van der Waals surface area (Å²) in [6.45, 7) is 4.18. The first kappa shape index (κ1) is 15.2. The standard InChI is InChI=1S/C20H32O2/c1-18-11-4-3-6-14(18)8-9-15-16(18)10-13-20(19(2,21)22)12-5-7-17(15)20/h5,12,14-17,21-22H,3-4,6-11,13H2,1-2H3/t14?,15-,16-,17-,18+,20-/m1/s1. The third-order valence-electron chi connectivity index (χ3n) is 8.40. The molecule has 124 valence electrons. The Morgan fingerprint density at radius 1 is 1.00 bits per heavy atom. The van der Waals surface area contributed by atoms with E-state index in [4.69, 9.17) is 0 Å². The van der Waals surface area contributed by atoms with Crippen molar-refractivity contribution in [2.45, 2.75) is 77.4 Å². The van der Waals surface area contributed by atoms with Gasteiger partial charge in [-0.2, -0.15) is 0 Å². The first-order valence-corrected chi connectivity index (χ1v) is 9.51. The lowest BCUT2D eigenvalue weighted by atomic mass is 9.44. The third kappa shape index (κ3) is 1.86. The zero-order valence-electron chi connectivity index (χ0n) is 14.2. The number of hydrogen-bond acceptors (Lipinski definition) is 2. The van der Waals surface area contributed by atoms with Gasteiger partial charge in [-0.05, 0) is 81.0 Å². The van der Waals surface area contributed by atoms with E-state index in [-0.39, 0.29) is 5.41 Å². The molecule has 4 aliphatic carbocycles. The van der Waals surface area contributed by atoms with Crippen LogP contribution in [0.2, 0.25) is 0 Å². The van der Waals surface area contributed by atoms with Gasteiger partial charge < -0.3 is 10.2 Å². The minimum absolute atomic E-state index is 0.383. The fourth-order valence-electron chi connectivity index (χ4n) is 7.23. The number of allylic oxidation sites excluding steroid dienone is 1. The summed E-state index contributed by atoms with van der Waals surface area (Å²) in [5.41, 5.74) is 0.142. The van der Waals surface area contributed by atoms with Crippen LogP contribution in [0.3, 0.4) is 0 Å². The van der Waals surface area contributed by atoms with Crippen molar-refractivity contribution in [3.8, 4) is 0 Å². The molecule has 0 aromatic rings. The van der Waals surface area contributed by atoms with Crippen molar-refractivity contribution >= 4 is 0 Å². The highest BCUT2D eigenvalue weighted by molar-refractivity contribution is 5.20. The number of fused-ring (bicyclic) bond motifs is 5. The van der Waals surface area contributed by atoms with Crippen molar-refractivity contribution in [3.63, 3.8) is 0 Å². The van der Waals surface area contributed by atoms with E-state index in [0.29, 0.717) is 17.3 Å². The highest BCUT2D eigenvalue weighted by atomic mass is 16.5. The Labute approximate surface area is 135 Å². The Hall–Kier alpha value is -0.340. The van der Waals surface area contributed by atoms with Crippen molar-refractivity contribution in [1.29, 1.82) is 0 Å². The van der Waals surface area contributed by atoms with Crippen LogP contribution < -0.4 is 0 Å². The minimum Gasteiger partial charge on any atom is -0.365 e. The van der Waals surface area contributed by atoms with Gasteiger partial charge in [-0.3, -0.25) is 0 Å². The van der Waals surface area contributed by atoms with Crippen LogP contribution in [-0.2, 0) is 0 Å². The molecule has 0 saturated heterocycles. The van der Waals surface area contributed by atoms with E-state index in [1.54, 1.807) is 6.92 Å². The molecule has 22 heavy (non-hydrogen) atoms. The van der Waals surface area contributed by atoms with Gasteiger partial charge in [0.1, 0.15) is 0 Å². The molecule has 3 saturated carbocycles. The fraction of sp³-hybridized carbons (Fsp3) is 0.900. The maximum absolute atomic E-state index is 10.5. The second-order valence-corrected chi connectivity index (χ2v) is 9.14. The van der Waals surface area contributed by atoms with Gasteiger partial charge in [0.25, 0.3) is 0 Å². The van der Waals surface area contributed by atoms with Crippen molar-refractivity contribution in [2.24, 2.45) is 34.5 Å². The molecular formula is C20H32O2. The predicted octanol–water partition coefficient (Wildman–Crippen LogP) is 4.27. The van der Waals surface area contributed by atoms with Crippen molar-refractivity contribution in [3.05, 3.63) is 12.2 Å². The van der Waals surface area contributed by atoms with Crippen LogP contribution >= 0.6 is 0 Å². The molecule has 0 radical (unpaired) electrons. The normalized spacial score (nSPS) is 51.1. The van der Waals surface area contributed by atoms with Crippen molar-refractivity contribution in [2.75, 3.05) is 0 Å². The lowest BCUT2D eigenvalue weighted by Crippen LogP contribution is -2.58. The topological polar surface area (TPSA) is 40.5 Å². The van der Waals surface area contributed by atoms with E-state index in [9.17, 15) is 10.2 Å². The van der Waals surface area contributed by atoms with Gasteiger partial charge in [0.2, 0.25) is 0 Å². The minimum atomic E-state index is -1.57. The van der Waals surface area contributed by atoms with Gasteiger partial charge >= 0.3 is 0 Å². The molecule has 6 atom stereocenters. The predicted molar refractivity (Wildman–Crippen MR) is 88.0 cm³/mol. The van der Waals surface area contributed by atoms with Crippen LogP contribution in [0, 0.1) is 34.5 Å². The molecule has 3 fully saturated rings. The molecule has 0 heterocycles. The summed E-state index contributed by atoms with van der Waals surface area (Å²) in [5, 5.41) is 21.0. The van der Waals surface area contributed by atoms with Crippen LogP contribution in [0.25, 0.3) is 0 Å². The van der Waals surface area contributed by atoms with Gasteiger partial charge in [0, 0.05) is 5.41 Å². The van der Waals surface area contributed by atoms with Crippen molar-refractivity contribution in [1.82, 2.24) is 0 Å². The van der Waals surface area contributed by atoms with Crippen LogP contribution in [0.15, 0.2) is 12.2 Å². The molecule has 2 nitrogen and oxygen atoms in total. The highest BCUT2D eigenvalue weighted by Gasteiger charge is 2.61. The number of aliphatic hydroxyl groups is 2. The molecule has 4 aliphatic rings. The average molecular weight is 304 g/mol. The fourth-order valence-corrected chi connectivity index (χ4v) is 7.23. The quantitative estimate of drug-likeness (QED) is 0.561. The van der Waals surface area contributed by atoms with Crippen molar-refractivity contribution < 1.29 is 10.2 Å². The molecule has 0 spiro atoms. The SMILES string of the molecule is CC(O)(O)[C@@]12C=CC[C@@H]1[C@@H]1CCC3CCCC[C@]3(C)[C@@H]1CC2. The average Bonchev–Trinajstić information content (AvgIpc) is 2.91. The van der Waals surface area contributed by atoms with Gasteiger partial charge in [-0.25, -0.2) is 0 Å². The maximum atomic E-state index is 10.5.